The molecule has 190 valence electrons. The van der Waals surface area contributed by atoms with E-state index in [4.69, 9.17) is 9.47 Å². The number of benzene rings is 2. The molecule has 1 aromatic heterocycles. The van der Waals surface area contributed by atoms with Crippen molar-refractivity contribution in [1.29, 1.82) is 0 Å². The van der Waals surface area contributed by atoms with Gasteiger partial charge in [-0.1, -0.05) is 37.2 Å². The van der Waals surface area contributed by atoms with Crippen LogP contribution in [0.5, 0.6) is 5.75 Å². The third kappa shape index (κ3) is 7.36. The Labute approximate surface area is 216 Å². The van der Waals surface area contributed by atoms with Crippen molar-refractivity contribution in [3.8, 4) is 5.75 Å². The summed E-state index contributed by atoms with van der Waals surface area (Å²) in [4.78, 5) is 22.0. The molecule has 0 N–H and O–H groups in total. The van der Waals surface area contributed by atoms with Crippen LogP contribution in [0.1, 0.15) is 43.0 Å². The van der Waals surface area contributed by atoms with Crippen LogP contribution in [0.2, 0.25) is 0 Å². The maximum atomic E-state index is 14.3. The Morgan fingerprint density at radius 3 is 2.63 bits per heavy atom. The Kier molecular flexibility index (Phi) is 10.7. The number of morpholine rings is 1. The average molecular weight is 522 g/mol. The van der Waals surface area contributed by atoms with Gasteiger partial charge in [-0.3, -0.25) is 14.6 Å². The largest absolute Gasteiger partial charge is 0.494 e. The van der Waals surface area contributed by atoms with Crippen molar-refractivity contribution in [2.24, 2.45) is 0 Å². The van der Waals surface area contributed by atoms with Crippen LogP contribution in [-0.4, -0.2) is 61.8 Å². The molecule has 0 radical (unpaired) electrons. The summed E-state index contributed by atoms with van der Waals surface area (Å²) in [6.45, 7) is 7.50. The fraction of sp³-hybridized carbons (Fsp3) is 0.462. The molecule has 1 aliphatic rings. The van der Waals surface area contributed by atoms with E-state index < -0.39 is 0 Å². The van der Waals surface area contributed by atoms with Crippen molar-refractivity contribution >= 4 is 45.0 Å². The zero-order valence-electron chi connectivity index (χ0n) is 20.1. The van der Waals surface area contributed by atoms with Crippen LogP contribution in [0.4, 0.5) is 9.52 Å². The summed E-state index contributed by atoms with van der Waals surface area (Å²) in [5.41, 5.74) is 0.872. The number of para-hydroxylation sites is 1. The Hall–Kier alpha value is -2.26. The van der Waals surface area contributed by atoms with Crippen LogP contribution in [0.3, 0.4) is 0 Å². The zero-order valence-corrected chi connectivity index (χ0v) is 21.7. The first-order chi connectivity index (χ1) is 16.7. The van der Waals surface area contributed by atoms with E-state index in [1.165, 1.54) is 17.4 Å². The second kappa shape index (κ2) is 13.7. The molecule has 9 heteroatoms. The highest BCUT2D eigenvalue weighted by Gasteiger charge is 2.22. The molecule has 0 atom stereocenters. The van der Waals surface area contributed by atoms with Crippen LogP contribution in [0, 0.1) is 5.82 Å². The Bertz CT molecular complexity index is 1070. The van der Waals surface area contributed by atoms with Gasteiger partial charge in [0.15, 0.2) is 5.13 Å². The van der Waals surface area contributed by atoms with Crippen LogP contribution in [0.15, 0.2) is 42.5 Å². The van der Waals surface area contributed by atoms with E-state index in [1.807, 2.05) is 18.2 Å². The van der Waals surface area contributed by atoms with Gasteiger partial charge in [0.25, 0.3) is 5.91 Å². The van der Waals surface area contributed by atoms with Gasteiger partial charge in [0.2, 0.25) is 0 Å². The number of carbonyl (C=O) groups is 1. The topological polar surface area (TPSA) is 54.9 Å². The van der Waals surface area contributed by atoms with Crippen LogP contribution in [0.25, 0.3) is 10.2 Å². The Morgan fingerprint density at radius 1 is 1.14 bits per heavy atom. The Morgan fingerprint density at radius 2 is 1.91 bits per heavy atom. The van der Waals surface area contributed by atoms with Crippen molar-refractivity contribution in [2.45, 2.75) is 32.6 Å². The maximum absolute atomic E-state index is 14.3. The van der Waals surface area contributed by atoms with E-state index in [1.54, 1.807) is 23.1 Å². The molecule has 1 amide bonds. The van der Waals surface area contributed by atoms with E-state index in [0.717, 1.165) is 69.0 Å². The number of aromatic nitrogens is 1. The molecule has 4 rings (SSSR count). The molecule has 2 heterocycles. The first kappa shape index (κ1) is 27.3. The van der Waals surface area contributed by atoms with E-state index >= 15 is 0 Å². The molecule has 0 spiro atoms. The minimum absolute atomic E-state index is 0. The van der Waals surface area contributed by atoms with Gasteiger partial charge in [-0.25, -0.2) is 9.37 Å². The Balaban J connectivity index is 0.00000342. The molecular formula is C26H33ClFN3O3S. The number of ether oxygens (including phenoxy) is 2. The number of hydrogen-bond donors (Lipinski definition) is 0. The number of amides is 1. The van der Waals surface area contributed by atoms with E-state index in [2.05, 4.69) is 16.8 Å². The average Bonchev–Trinajstić information content (AvgIpc) is 3.31. The molecular weight excluding hydrogens is 489 g/mol. The molecule has 3 aromatic rings. The van der Waals surface area contributed by atoms with Gasteiger partial charge >= 0.3 is 0 Å². The summed E-state index contributed by atoms with van der Waals surface area (Å²) in [7, 11) is 0. The van der Waals surface area contributed by atoms with Crippen LogP contribution >= 0.6 is 23.7 Å². The smallest absolute Gasteiger partial charge is 0.260 e. The van der Waals surface area contributed by atoms with Crippen LogP contribution < -0.4 is 9.64 Å². The lowest BCUT2D eigenvalue weighted by atomic mass is 10.2. The summed E-state index contributed by atoms with van der Waals surface area (Å²) in [5.74, 6) is 0.248. The number of unbranched alkanes of at least 4 members (excludes halogenated alkanes) is 2. The summed E-state index contributed by atoms with van der Waals surface area (Å²) >= 11 is 1.34. The molecule has 35 heavy (non-hydrogen) atoms. The van der Waals surface area contributed by atoms with E-state index in [-0.39, 0.29) is 24.1 Å². The van der Waals surface area contributed by atoms with Crippen molar-refractivity contribution < 1.29 is 18.7 Å². The predicted molar refractivity (Wildman–Crippen MR) is 142 cm³/mol. The second-order valence-corrected chi connectivity index (χ2v) is 9.44. The lowest BCUT2D eigenvalue weighted by Gasteiger charge is -2.27. The molecule has 0 unspecified atom stereocenters. The highest BCUT2D eigenvalue weighted by atomic mass is 35.5. The van der Waals surface area contributed by atoms with Gasteiger partial charge in [-0.15, -0.1) is 12.4 Å². The first-order valence-electron chi connectivity index (χ1n) is 12.1. The van der Waals surface area contributed by atoms with Gasteiger partial charge in [-0.05, 0) is 49.2 Å². The molecule has 0 bridgehead atoms. The van der Waals surface area contributed by atoms with E-state index in [0.29, 0.717) is 29.4 Å². The molecule has 6 nitrogen and oxygen atoms in total. The number of anilines is 1. The van der Waals surface area contributed by atoms with Gasteiger partial charge < -0.3 is 9.47 Å². The maximum Gasteiger partial charge on any atom is 0.260 e. The van der Waals surface area contributed by atoms with E-state index in [9.17, 15) is 9.18 Å². The number of halogens is 2. The second-order valence-electron chi connectivity index (χ2n) is 8.43. The quantitative estimate of drug-likeness (QED) is 0.299. The van der Waals surface area contributed by atoms with Crippen molar-refractivity contribution in [3.05, 3.63) is 53.8 Å². The fourth-order valence-electron chi connectivity index (χ4n) is 3.97. The third-order valence-electron chi connectivity index (χ3n) is 5.91. The van der Waals surface area contributed by atoms with Gasteiger partial charge in [0, 0.05) is 31.7 Å². The monoisotopic (exact) mass is 521 g/mol. The van der Waals surface area contributed by atoms with Gasteiger partial charge in [0.05, 0.1) is 24.5 Å². The fourth-order valence-corrected chi connectivity index (χ4v) is 4.98. The number of thiazole rings is 1. The standard InChI is InChI=1S/C26H32FN3O3S.ClH/c1-2-3-4-17-33-21-11-9-20(10-12-21)25(31)30(14-6-13-29-15-18-32-19-16-29)26-28-24-22(27)7-5-8-23(24)34-26;/h5,7-12H,2-4,6,13-19H2,1H3;1H. The minimum atomic E-state index is -0.370. The lowest BCUT2D eigenvalue weighted by molar-refractivity contribution is 0.0376. The highest BCUT2D eigenvalue weighted by Crippen LogP contribution is 2.31. The number of fused-ring (bicyclic) bond motifs is 1. The molecule has 0 saturated carbocycles. The highest BCUT2D eigenvalue weighted by molar-refractivity contribution is 7.22. The molecule has 0 aliphatic carbocycles. The number of carbonyl (C=O) groups excluding carboxylic acids is 1. The molecule has 1 saturated heterocycles. The summed E-state index contributed by atoms with van der Waals surface area (Å²) in [6.07, 6.45) is 4.09. The number of hydrogen-bond acceptors (Lipinski definition) is 6. The lowest BCUT2D eigenvalue weighted by Crippen LogP contribution is -2.39. The molecule has 2 aromatic carbocycles. The van der Waals surface area contributed by atoms with Crippen molar-refractivity contribution in [1.82, 2.24) is 9.88 Å². The minimum Gasteiger partial charge on any atom is -0.494 e. The van der Waals surface area contributed by atoms with Crippen molar-refractivity contribution in [3.63, 3.8) is 0 Å². The van der Waals surface area contributed by atoms with Gasteiger partial charge in [-0.2, -0.15) is 0 Å². The van der Waals surface area contributed by atoms with Gasteiger partial charge in [0.1, 0.15) is 17.1 Å². The number of rotatable bonds is 11. The molecule has 1 aliphatic heterocycles. The first-order valence-corrected chi connectivity index (χ1v) is 12.9. The summed E-state index contributed by atoms with van der Waals surface area (Å²) < 4.78 is 26.2. The predicted octanol–water partition coefficient (Wildman–Crippen LogP) is 5.80. The zero-order chi connectivity index (χ0) is 23.8. The van der Waals surface area contributed by atoms with Crippen LogP contribution in [-0.2, 0) is 4.74 Å². The summed E-state index contributed by atoms with van der Waals surface area (Å²) in [6, 6.07) is 12.2. The number of nitrogens with zero attached hydrogens (tertiary/aromatic N) is 3. The van der Waals surface area contributed by atoms with Crippen molar-refractivity contribution in [2.75, 3.05) is 50.9 Å². The summed E-state index contributed by atoms with van der Waals surface area (Å²) in [5, 5.41) is 0.520. The third-order valence-corrected chi connectivity index (χ3v) is 6.96. The normalized spacial score (nSPS) is 14.0. The molecule has 1 fully saturated rings. The SMILES string of the molecule is CCCCCOc1ccc(C(=O)N(CCCN2CCOCC2)c2nc3c(F)cccc3s2)cc1.Cl.